The third kappa shape index (κ3) is 5.75. The molecule has 3 rings (SSSR count). The summed E-state index contributed by atoms with van der Waals surface area (Å²) in [5.41, 5.74) is 3.23. The number of carbonyl (C=O) groups is 1. The van der Waals surface area contributed by atoms with Crippen LogP contribution >= 0.6 is 0 Å². The van der Waals surface area contributed by atoms with E-state index in [4.69, 9.17) is 4.74 Å². The van der Waals surface area contributed by atoms with Crippen LogP contribution in [0.15, 0.2) is 48.5 Å². The Morgan fingerprint density at radius 3 is 2.37 bits per heavy atom. The first-order valence-corrected chi connectivity index (χ1v) is 10.1. The molecule has 0 unspecified atom stereocenters. The molecule has 0 bridgehead atoms. The molecule has 1 aliphatic rings. The summed E-state index contributed by atoms with van der Waals surface area (Å²) >= 11 is 0. The van der Waals surface area contributed by atoms with E-state index in [-0.39, 0.29) is 5.91 Å². The molecule has 144 valence electrons. The Morgan fingerprint density at radius 1 is 1.00 bits per heavy atom. The Kier molecular flexibility index (Phi) is 7.14. The summed E-state index contributed by atoms with van der Waals surface area (Å²) in [6.45, 7) is 5.35. The highest BCUT2D eigenvalue weighted by molar-refractivity contribution is 5.94. The highest BCUT2D eigenvalue weighted by Crippen LogP contribution is 2.20. The van der Waals surface area contributed by atoms with Gasteiger partial charge in [0.15, 0.2) is 0 Å². The predicted molar refractivity (Wildman–Crippen MR) is 111 cm³/mol. The molecular formula is C23H30N2O2. The Balaban J connectivity index is 1.41. The van der Waals surface area contributed by atoms with Crippen molar-refractivity contribution >= 4 is 11.6 Å². The number of nitrogens with one attached hydrogen (secondary N) is 1. The molecule has 0 spiro atoms. The van der Waals surface area contributed by atoms with Crippen LogP contribution in [-0.2, 0) is 6.42 Å². The zero-order valence-corrected chi connectivity index (χ0v) is 16.2. The highest BCUT2D eigenvalue weighted by Gasteiger charge is 2.11. The summed E-state index contributed by atoms with van der Waals surface area (Å²) in [7, 11) is 0. The van der Waals surface area contributed by atoms with Crippen LogP contribution in [0.5, 0.6) is 5.75 Å². The van der Waals surface area contributed by atoms with Gasteiger partial charge in [0.05, 0.1) is 6.54 Å². The molecule has 4 heteroatoms. The molecule has 2 aromatic carbocycles. The van der Waals surface area contributed by atoms with E-state index >= 15 is 0 Å². The molecule has 0 aromatic heterocycles. The van der Waals surface area contributed by atoms with Crippen LogP contribution < -0.4 is 15.0 Å². The highest BCUT2D eigenvalue weighted by atomic mass is 16.5. The number of benzene rings is 2. The van der Waals surface area contributed by atoms with Crippen molar-refractivity contribution in [1.82, 2.24) is 5.32 Å². The van der Waals surface area contributed by atoms with Crippen LogP contribution in [0.1, 0.15) is 48.5 Å². The second-order valence-electron chi connectivity index (χ2n) is 7.09. The number of amides is 1. The Morgan fingerprint density at radius 2 is 1.70 bits per heavy atom. The number of piperidine rings is 1. The van der Waals surface area contributed by atoms with Gasteiger partial charge < -0.3 is 15.0 Å². The Labute approximate surface area is 162 Å². The molecular weight excluding hydrogens is 336 g/mol. The van der Waals surface area contributed by atoms with Gasteiger partial charge in [-0.3, -0.25) is 4.79 Å². The van der Waals surface area contributed by atoms with E-state index in [0.29, 0.717) is 18.7 Å². The first kappa shape index (κ1) is 19.3. The average Bonchev–Trinajstić information content (AvgIpc) is 2.73. The molecule has 1 N–H and O–H groups in total. The van der Waals surface area contributed by atoms with Gasteiger partial charge in [-0.1, -0.05) is 25.5 Å². The van der Waals surface area contributed by atoms with Gasteiger partial charge >= 0.3 is 0 Å². The summed E-state index contributed by atoms with van der Waals surface area (Å²) in [5.74, 6) is 0.789. The van der Waals surface area contributed by atoms with Gasteiger partial charge in [-0.2, -0.15) is 0 Å². The molecule has 0 aliphatic carbocycles. The molecule has 0 radical (unpaired) electrons. The number of ether oxygens (including phenoxy) is 1. The second kappa shape index (κ2) is 10.0. The van der Waals surface area contributed by atoms with E-state index < -0.39 is 0 Å². The van der Waals surface area contributed by atoms with Gasteiger partial charge in [-0.25, -0.2) is 0 Å². The van der Waals surface area contributed by atoms with E-state index in [0.717, 1.165) is 31.7 Å². The first-order chi connectivity index (χ1) is 13.3. The van der Waals surface area contributed by atoms with Gasteiger partial charge in [0, 0.05) is 24.3 Å². The molecule has 1 saturated heterocycles. The van der Waals surface area contributed by atoms with Crippen LogP contribution in [0.2, 0.25) is 0 Å². The van der Waals surface area contributed by atoms with Crippen molar-refractivity contribution in [3.63, 3.8) is 0 Å². The van der Waals surface area contributed by atoms with Crippen molar-refractivity contribution in [2.75, 3.05) is 31.1 Å². The fourth-order valence-corrected chi connectivity index (χ4v) is 3.45. The maximum atomic E-state index is 12.3. The smallest absolute Gasteiger partial charge is 0.251 e. The molecule has 1 amide bonds. The fraction of sp³-hybridized carbons (Fsp3) is 0.435. The van der Waals surface area contributed by atoms with Gasteiger partial charge in [0.25, 0.3) is 5.91 Å². The average molecular weight is 367 g/mol. The number of carbonyl (C=O) groups excluding carboxylic acids is 1. The van der Waals surface area contributed by atoms with Crippen LogP contribution in [0.25, 0.3) is 0 Å². The van der Waals surface area contributed by atoms with Crippen molar-refractivity contribution < 1.29 is 9.53 Å². The molecule has 1 heterocycles. The number of aryl methyl sites for hydroxylation is 1. The minimum atomic E-state index is -0.0536. The minimum Gasteiger partial charge on any atom is -0.492 e. The quantitative estimate of drug-likeness (QED) is 0.702. The third-order valence-corrected chi connectivity index (χ3v) is 4.97. The second-order valence-corrected chi connectivity index (χ2v) is 7.09. The molecule has 0 saturated carbocycles. The lowest BCUT2D eigenvalue weighted by Gasteiger charge is -2.28. The number of anilines is 1. The van der Waals surface area contributed by atoms with Crippen molar-refractivity contribution in [3.8, 4) is 5.75 Å². The van der Waals surface area contributed by atoms with Crippen LogP contribution in [0.4, 0.5) is 5.69 Å². The zero-order valence-electron chi connectivity index (χ0n) is 16.2. The topological polar surface area (TPSA) is 41.6 Å². The van der Waals surface area contributed by atoms with Gasteiger partial charge in [0.2, 0.25) is 0 Å². The lowest BCUT2D eigenvalue weighted by molar-refractivity contribution is 0.0947. The first-order valence-electron chi connectivity index (χ1n) is 10.1. The van der Waals surface area contributed by atoms with E-state index in [2.05, 4.69) is 41.4 Å². The Bertz CT molecular complexity index is 704. The standard InChI is InChI=1S/C23H30N2O2/c1-2-6-19-7-13-22(14-8-19)27-18-15-24-23(26)20-9-11-21(12-10-20)25-16-4-3-5-17-25/h7-14H,2-6,15-18H2,1H3,(H,24,26). The van der Waals surface area contributed by atoms with Crippen molar-refractivity contribution in [2.24, 2.45) is 0 Å². The number of rotatable bonds is 8. The summed E-state index contributed by atoms with van der Waals surface area (Å²) in [6.07, 6.45) is 6.06. The number of hydrogen-bond donors (Lipinski definition) is 1. The molecule has 1 aliphatic heterocycles. The third-order valence-electron chi connectivity index (χ3n) is 4.97. The molecule has 1 fully saturated rings. The maximum absolute atomic E-state index is 12.3. The van der Waals surface area contributed by atoms with E-state index in [1.54, 1.807) is 0 Å². The number of nitrogens with zero attached hydrogens (tertiary/aromatic N) is 1. The number of hydrogen-bond acceptors (Lipinski definition) is 3. The Hall–Kier alpha value is -2.49. The van der Waals surface area contributed by atoms with Crippen LogP contribution in [0, 0.1) is 0 Å². The van der Waals surface area contributed by atoms with E-state index in [9.17, 15) is 4.79 Å². The lowest BCUT2D eigenvalue weighted by Crippen LogP contribution is -2.30. The molecule has 0 atom stereocenters. The van der Waals surface area contributed by atoms with Gasteiger partial charge in [-0.05, 0) is 67.6 Å². The van der Waals surface area contributed by atoms with E-state index in [1.165, 1.54) is 30.5 Å². The van der Waals surface area contributed by atoms with Crippen LogP contribution in [0.3, 0.4) is 0 Å². The molecule has 2 aromatic rings. The lowest BCUT2D eigenvalue weighted by atomic mass is 10.1. The monoisotopic (exact) mass is 366 g/mol. The maximum Gasteiger partial charge on any atom is 0.251 e. The fourth-order valence-electron chi connectivity index (χ4n) is 3.45. The van der Waals surface area contributed by atoms with Gasteiger partial charge in [-0.15, -0.1) is 0 Å². The van der Waals surface area contributed by atoms with Crippen molar-refractivity contribution in [3.05, 3.63) is 59.7 Å². The van der Waals surface area contributed by atoms with Crippen molar-refractivity contribution in [1.29, 1.82) is 0 Å². The summed E-state index contributed by atoms with van der Waals surface area (Å²) in [6, 6.07) is 16.1. The SMILES string of the molecule is CCCc1ccc(OCCNC(=O)c2ccc(N3CCCCC3)cc2)cc1. The largest absolute Gasteiger partial charge is 0.492 e. The molecule has 4 nitrogen and oxygen atoms in total. The summed E-state index contributed by atoms with van der Waals surface area (Å²) in [4.78, 5) is 14.7. The normalized spacial score (nSPS) is 14.0. The zero-order chi connectivity index (χ0) is 18.9. The predicted octanol–water partition coefficient (Wildman–Crippen LogP) is 4.44. The van der Waals surface area contributed by atoms with Gasteiger partial charge in [0.1, 0.15) is 12.4 Å². The van der Waals surface area contributed by atoms with Crippen LogP contribution in [-0.4, -0.2) is 32.1 Å². The van der Waals surface area contributed by atoms with Crippen molar-refractivity contribution in [2.45, 2.75) is 39.0 Å². The summed E-state index contributed by atoms with van der Waals surface area (Å²) < 4.78 is 5.70. The van der Waals surface area contributed by atoms with E-state index in [1.807, 2.05) is 24.3 Å². The minimum absolute atomic E-state index is 0.0536. The molecule has 27 heavy (non-hydrogen) atoms. The summed E-state index contributed by atoms with van der Waals surface area (Å²) in [5, 5.41) is 2.92.